The maximum absolute atomic E-state index is 11.8. The molecule has 0 atom stereocenters. The van der Waals surface area contributed by atoms with Gasteiger partial charge in [0.2, 0.25) is 5.91 Å². The molecule has 0 saturated carbocycles. The summed E-state index contributed by atoms with van der Waals surface area (Å²) in [6, 6.07) is 0. The number of likely N-dealkylation sites (N-methyl/N-ethyl adjacent to an activating group) is 1. The molecule has 0 radical (unpaired) electrons. The predicted molar refractivity (Wildman–Crippen MR) is 85.4 cm³/mol. The summed E-state index contributed by atoms with van der Waals surface area (Å²) in [7, 11) is 4.73. The number of anilines is 1. The Bertz CT molecular complexity index is 739. The second-order valence-corrected chi connectivity index (χ2v) is 5.99. The van der Waals surface area contributed by atoms with E-state index in [2.05, 4.69) is 15.3 Å². The van der Waals surface area contributed by atoms with Crippen LogP contribution >= 0.6 is 11.3 Å². The van der Waals surface area contributed by atoms with Crippen LogP contribution < -0.4 is 5.32 Å². The van der Waals surface area contributed by atoms with Gasteiger partial charge < -0.3 is 15.0 Å². The summed E-state index contributed by atoms with van der Waals surface area (Å²) in [4.78, 5) is 35.0. The van der Waals surface area contributed by atoms with Crippen LogP contribution in [-0.4, -0.2) is 54.5 Å². The highest BCUT2D eigenvalue weighted by Gasteiger charge is 2.20. The van der Waals surface area contributed by atoms with Crippen molar-refractivity contribution in [2.24, 2.45) is 0 Å². The van der Waals surface area contributed by atoms with E-state index in [1.54, 1.807) is 21.0 Å². The van der Waals surface area contributed by atoms with E-state index in [0.717, 1.165) is 10.9 Å². The maximum Gasteiger partial charge on any atom is 0.348 e. The first-order valence-corrected chi connectivity index (χ1v) is 7.46. The highest BCUT2D eigenvalue weighted by atomic mass is 32.1. The number of hydrogen-bond donors (Lipinski definition) is 1. The van der Waals surface area contributed by atoms with Crippen molar-refractivity contribution in [1.29, 1.82) is 0 Å². The summed E-state index contributed by atoms with van der Waals surface area (Å²) >= 11 is 1.26. The van der Waals surface area contributed by atoms with Gasteiger partial charge in [-0.2, -0.15) is 0 Å². The topological polar surface area (TPSA) is 84.4 Å². The molecule has 0 unspecified atom stereocenters. The van der Waals surface area contributed by atoms with Crippen molar-refractivity contribution >= 4 is 39.2 Å². The maximum atomic E-state index is 11.8. The number of aryl methyl sites for hydroxylation is 2. The van der Waals surface area contributed by atoms with Crippen LogP contribution in [0, 0.1) is 13.8 Å². The lowest BCUT2D eigenvalue weighted by Crippen LogP contribution is -2.28. The molecule has 2 aromatic rings. The van der Waals surface area contributed by atoms with Gasteiger partial charge in [-0.25, -0.2) is 14.8 Å². The second kappa shape index (κ2) is 6.27. The lowest BCUT2D eigenvalue weighted by atomic mass is 10.2. The van der Waals surface area contributed by atoms with E-state index in [-0.39, 0.29) is 12.5 Å². The van der Waals surface area contributed by atoms with Gasteiger partial charge in [-0.3, -0.25) is 4.79 Å². The number of hydrogen-bond acceptors (Lipinski definition) is 7. The molecule has 0 bridgehead atoms. The standard InChI is InChI=1S/C14H18N4O3S/c1-7-10-12(15-6-9(19)18(3)4)16-8(2)17-13(10)22-11(7)14(20)21-5/h6H2,1-5H3,(H,15,16,17). The molecule has 8 heteroatoms. The first-order valence-electron chi connectivity index (χ1n) is 6.65. The van der Waals surface area contributed by atoms with Gasteiger partial charge in [0.1, 0.15) is 21.3 Å². The molecule has 1 amide bonds. The van der Waals surface area contributed by atoms with E-state index in [0.29, 0.717) is 21.3 Å². The molecule has 118 valence electrons. The van der Waals surface area contributed by atoms with Crippen molar-refractivity contribution < 1.29 is 14.3 Å². The third kappa shape index (κ3) is 3.01. The minimum Gasteiger partial charge on any atom is -0.465 e. The Morgan fingerprint density at radius 1 is 1.27 bits per heavy atom. The highest BCUT2D eigenvalue weighted by Crippen LogP contribution is 2.34. The molecule has 7 nitrogen and oxygen atoms in total. The SMILES string of the molecule is COC(=O)c1sc2nc(C)nc(NCC(=O)N(C)C)c2c1C. The molecule has 2 heterocycles. The fourth-order valence-corrected chi connectivity index (χ4v) is 3.12. The van der Waals surface area contributed by atoms with Gasteiger partial charge in [0, 0.05) is 14.1 Å². The fourth-order valence-electron chi connectivity index (χ4n) is 1.98. The number of carbonyl (C=O) groups excluding carboxylic acids is 2. The minimum atomic E-state index is -0.395. The van der Waals surface area contributed by atoms with Crippen molar-refractivity contribution in [2.45, 2.75) is 13.8 Å². The number of fused-ring (bicyclic) bond motifs is 1. The third-order valence-corrected chi connectivity index (χ3v) is 4.34. The average molecular weight is 322 g/mol. The van der Waals surface area contributed by atoms with E-state index >= 15 is 0 Å². The van der Waals surface area contributed by atoms with Gasteiger partial charge in [0.25, 0.3) is 0 Å². The van der Waals surface area contributed by atoms with Crippen molar-refractivity contribution in [3.63, 3.8) is 0 Å². The molecule has 0 aromatic carbocycles. The van der Waals surface area contributed by atoms with Crippen molar-refractivity contribution in [3.05, 3.63) is 16.3 Å². The predicted octanol–water partition coefficient (Wildman–Crippen LogP) is 1.59. The molecule has 0 aliphatic carbocycles. The quantitative estimate of drug-likeness (QED) is 0.861. The zero-order valence-corrected chi connectivity index (χ0v) is 14.0. The summed E-state index contributed by atoms with van der Waals surface area (Å²) in [5.74, 6) is 0.672. The highest BCUT2D eigenvalue weighted by molar-refractivity contribution is 7.20. The van der Waals surface area contributed by atoms with Crippen molar-refractivity contribution in [1.82, 2.24) is 14.9 Å². The van der Waals surface area contributed by atoms with Crippen LogP contribution in [0.3, 0.4) is 0 Å². The number of rotatable bonds is 4. The molecule has 0 saturated heterocycles. The number of nitrogens with zero attached hydrogens (tertiary/aromatic N) is 3. The Morgan fingerprint density at radius 3 is 2.55 bits per heavy atom. The molecule has 0 aliphatic rings. The number of aromatic nitrogens is 2. The molecular formula is C14H18N4O3S. The third-order valence-electron chi connectivity index (χ3n) is 3.18. The van der Waals surface area contributed by atoms with Crippen LogP contribution in [0.15, 0.2) is 0 Å². The number of amides is 1. The van der Waals surface area contributed by atoms with Gasteiger partial charge in [-0.1, -0.05) is 0 Å². The molecular weight excluding hydrogens is 304 g/mol. The normalized spacial score (nSPS) is 10.6. The zero-order valence-electron chi connectivity index (χ0n) is 13.2. The Labute approximate surface area is 132 Å². The molecule has 2 aromatic heterocycles. The first kappa shape index (κ1) is 16.2. The largest absolute Gasteiger partial charge is 0.465 e. The summed E-state index contributed by atoms with van der Waals surface area (Å²) in [6.07, 6.45) is 0. The molecule has 1 N–H and O–H groups in total. The zero-order chi connectivity index (χ0) is 16.4. The van der Waals surface area contributed by atoms with Crippen molar-refractivity contribution in [2.75, 3.05) is 33.1 Å². The summed E-state index contributed by atoms with van der Waals surface area (Å²) in [5, 5.41) is 3.79. The van der Waals surface area contributed by atoms with Crippen LogP contribution in [-0.2, 0) is 9.53 Å². The minimum absolute atomic E-state index is 0.0644. The summed E-state index contributed by atoms with van der Waals surface area (Å²) < 4.78 is 4.79. The second-order valence-electron chi connectivity index (χ2n) is 4.99. The van der Waals surface area contributed by atoms with Crippen LogP contribution in [0.5, 0.6) is 0 Å². The van der Waals surface area contributed by atoms with Gasteiger partial charge in [0.05, 0.1) is 19.0 Å². The molecule has 0 spiro atoms. The lowest BCUT2D eigenvalue weighted by molar-refractivity contribution is -0.126. The number of methoxy groups -OCH3 is 1. The van der Waals surface area contributed by atoms with E-state index < -0.39 is 5.97 Å². The average Bonchev–Trinajstić information content (AvgIpc) is 2.80. The molecule has 0 aliphatic heterocycles. The van der Waals surface area contributed by atoms with E-state index in [1.807, 2.05) is 6.92 Å². The van der Waals surface area contributed by atoms with Gasteiger partial charge in [-0.15, -0.1) is 11.3 Å². The van der Waals surface area contributed by atoms with E-state index in [9.17, 15) is 9.59 Å². The van der Waals surface area contributed by atoms with E-state index in [1.165, 1.54) is 23.3 Å². The number of ether oxygens (including phenoxy) is 1. The molecule has 22 heavy (non-hydrogen) atoms. The number of nitrogens with one attached hydrogen (secondary N) is 1. The fraction of sp³-hybridized carbons (Fsp3) is 0.429. The Kier molecular flexibility index (Phi) is 4.60. The lowest BCUT2D eigenvalue weighted by Gasteiger charge is -2.12. The van der Waals surface area contributed by atoms with Crippen LogP contribution in [0.25, 0.3) is 10.2 Å². The van der Waals surface area contributed by atoms with Crippen molar-refractivity contribution in [3.8, 4) is 0 Å². The van der Waals surface area contributed by atoms with Crippen LogP contribution in [0.2, 0.25) is 0 Å². The Hall–Kier alpha value is -2.22. The van der Waals surface area contributed by atoms with Crippen LogP contribution in [0.4, 0.5) is 5.82 Å². The molecule has 2 rings (SSSR count). The van der Waals surface area contributed by atoms with Gasteiger partial charge in [-0.05, 0) is 19.4 Å². The summed E-state index contributed by atoms with van der Waals surface area (Å²) in [6.45, 7) is 3.72. The van der Waals surface area contributed by atoms with E-state index in [4.69, 9.17) is 4.74 Å². The Morgan fingerprint density at radius 2 is 1.95 bits per heavy atom. The summed E-state index contributed by atoms with van der Waals surface area (Å²) in [5.41, 5.74) is 0.756. The smallest absolute Gasteiger partial charge is 0.348 e. The first-order chi connectivity index (χ1) is 10.3. The molecule has 0 fully saturated rings. The van der Waals surface area contributed by atoms with Gasteiger partial charge >= 0.3 is 5.97 Å². The number of esters is 1. The van der Waals surface area contributed by atoms with Gasteiger partial charge in [0.15, 0.2) is 0 Å². The number of thiophene rings is 1. The Balaban J connectivity index is 2.47. The van der Waals surface area contributed by atoms with Crippen LogP contribution in [0.1, 0.15) is 21.1 Å². The monoisotopic (exact) mass is 322 g/mol. The number of carbonyl (C=O) groups is 2.